The molecule has 2 aliphatic rings. The molecule has 2 heterocycles. The Balaban J connectivity index is 1.49. The minimum Gasteiger partial charge on any atom is -0.396 e. The van der Waals surface area contributed by atoms with E-state index in [-0.39, 0.29) is 0 Å². The van der Waals surface area contributed by atoms with E-state index in [4.69, 9.17) is 5.11 Å². The topological polar surface area (TPSA) is 38.7 Å². The molecule has 0 spiro atoms. The van der Waals surface area contributed by atoms with E-state index in [0.717, 1.165) is 39.1 Å². The van der Waals surface area contributed by atoms with Gasteiger partial charge in [-0.15, -0.1) is 0 Å². The van der Waals surface area contributed by atoms with Gasteiger partial charge in [-0.1, -0.05) is 63.5 Å². The van der Waals surface area contributed by atoms with Gasteiger partial charge in [0.1, 0.15) is 5.82 Å². The van der Waals surface area contributed by atoms with Crippen molar-refractivity contribution in [2.24, 2.45) is 0 Å². The minimum absolute atomic E-state index is 0.359. The third kappa shape index (κ3) is 8.28. The molecule has 2 N–H and O–H groups in total. The highest BCUT2D eigenvalue weighted by Crippen LogP contribution is 2.17. The molecule has 0 atom stereocenters. The Morgan fingerprint density at radius 1 is 0.840 bits per heavy atom. The summed E-state index contributed by atoms with van der Waals surface area (Å²) in [7, 11) is 0. The third-order valence-corrected chi connectivity index (χ3v) is 5.31. The van der Waals surface area contributed by atoms with Gasteiger partial charge >= 0.3 is 0 Å². The Bertz CT molecular complexity index is 389. The molecule has 1 fully saturated rings. The van der Waals surface area contributed by atoms with E-state index in [1.54, 1.807) is 0 Å². The fourth-order valence-corrected chi connectivity index (χ4v) is 3.78. The number of unbranched alkanes of at least 4 members (excludes halogenated alkanes) is 9. The SMILES string of the molecule is OCCCCCCCCCCCCN1CC=CC=C1N1CCNCC1. The van der Waals surface area contributed by atoms with Gasteiger partial charge in [0.05, 0.1) is 0 Å². The van der Waals surface area contributed by atoms with Gasteiger partial charge in [-0.25, -0.2) is 0 Å². The summed E-state index contributed by atoms with van der Waals surface area (Å²) in [6.07, 6.45) is 19.8. The van der Waals surface area contributed by atoms with Crippen LogP contribution in [0.5, 0.6) is 0 Å². The Morgan fingerprint density at radius 3 is 2.08 bits per heavy atom. The Labute approximate surface area is 155 Å². The van der Waals surface area contributed by atoms with Crippen molar-refractivity contribution < 1.29 is 5.11 Å². The molecule has 0 amide bonds. The number of aliphatic hydroxyl groups excluding tert-OH is 1. The van der Waals surface area contributed by atoms with Gasteiger partial charge in [-0.05, 0) is 18.9 Å². The van der Waals surface area contributed by atoms with E-state index in [0.29, 0.717) is 6.61 Å². The molecule has 4 heteroatoms. The van der Waals surface area contributed by atoms with Crippen LogP contribution in [0.2, 0.25) is 0 Å². The number of aliphatic hydroxyl groups is 1. The van der Waals surface area contributed by atoms with E-state index in [9.17, 15) is 0 Å². The molecular weight excluding hydrogens is 310 g/mol. The Kier molecular flexibility index (Phi) is 10.8. The van der Waals surface area contributed by atoms with Gasteiger partial charge in [0.25, 0.3) is 0 Å². The van der Waals surface area contributed by atoms with Crippen LogP contribution in [-0.2, 0) is 0 Å². The summed E-state index contributed by atoms with van der Waals surface area (Å²) in [6, 6.07) is 0. The van der Waals surface area contributed by atoms with Crippen LogP contribution in [0.15, 0.2) is 24.0 Å². The zero-order valence-electron chi connectivity index (χ0n) is 16.1. The van der Waals surface area contributed by atoms with Crippen LogP contribution in [0.25, 0.3) is 0 Å². The summed E-state index contributed by atoms with van der Waals surface area (Å²) in [5.41, 5.74) is 0. The first-order valence-corrected chi connectivity index (χ1v) is 10.6. The van der Waals surface area contributed by atoms with Crippen LogP contribution in [0.4, 0.5) is 0 Å². The molecule has 0 saturated carbocycles. The largest absolute Gasteiger partial charge is 0.396 e. The van der Waals surface area contributed by atoms with Gasteiger partial charge in [0.15, 0.2) is 0 Å². The molecule has 0 aliphatic carbocycles. The van der Waals surface area contributed by atoms with Gasteiger partial charge in [-0.2, -0.15) is 0 Å². The van der Waals surface area contributed by atoms with E-state index in [1.807, 2.05) is 0 Å². The van der Waals surface area contributed by atoms with Crippen LogP contribution in [0.1, 0.15) is 64.2 Å². The van der Waals surface area contributed by atoms with Crippen LogP contribution in [0, 0.1) is 0 Å². The van der Waals surface area contributed by atoms with Crippen LogP contribution in [0.3, 0.4) is 0 Å². The Hall–Kier alpha value is -1.00. The first kappa shape index (κ1) is 20.3. The van der Waals surface area contributed by atoms with Gasteiger partial charge in [0.2, 0.25) is 0 Å². The highest BCUT2D eigenvalue weighted by molar-refractivity contribution is 5.17. The normalized spacial score (nSPS) is 17.9. The molecule has 2 aliphatic heterocycles. The summed E-state index contributed by atoms with van der Waals surface area (Å²) in [5.74, 6) is 1.44. The van der Waals surface area contributed by atoms with Crippen molar-refractivity contribution in [2.45, 2.75) is 64.2 Å². The molecule has 25 heavy (non-hydrogen) atoms. The average molecular weight is 350 g/mol. The molecule has 4 nitrogen and oxygen atoms in total. The van der Waals surface area contributed by atoms with Crippen molar-refractivity contribution in [1.29, 1.82) is 0 Å². The molecule has 0 unspecified atom stereocenters. The second-order valence-electron chi connectivity index (χ2n) is 7.40. The van der Waals surface area contributed by atoms with Crippen LogP contribution in [-0.4, -0.2) is 60.8 Å². The fourth-order valence-electron chi connectivity index (χ4n) is 3.78. The van der Waals surface area contributed by atoms with Gasteiger partial charge in [0, 0.05) is 45.9 Å². The maximum Gasteiger partial charge on any atom is 0.104 e. The molecule has 0 aromatic rings. The van der Waals surface area contributed by atoms with Crippen molar-refractivity contribution in [3.8, 4) is 0 Å². The number of hydrogen-bond donors (Lipinski definition) is 2. The molecule has 0 bridgehead atoms. The lowest BCUT2D eigenvalue weighted by Crippen LogP contribution is -2.47. The van der Waals surface area contributed by atoms with E-state index < -0.39 is 0 Å². The first-order chi connectivity index (χ1) is 12.4. The standard InChI is InChI=1S/C21H39N3O/c25-20-12-8-6-4-2-1-3-5-7-10-16-23-17-11-9-13-21(23)24-18-14-22-15-19-24/h9,11,13,22,25H,1-8,10,12,14-20H2. The zero-order valence-corrected chi connectivity index (χ0v) is 16.1. The van der Waals surface area contributed by atoms with Gasteiger partial charge in [-0.3, -0.25) is 0 Å². The fraction of sp³-hybridized carbons (Fsp3) is 0.810. The molecule has 0 aromatic heterocycles. The van der Waals surface area contributed by atoms with Crippen molar-refractivity contribution in [2.75, 3.05) is 45.9 Å². The maximum atomic E-state index is 8.76. The predicted molar refractivity (Wildman–Crippen MR) is 106 cm³/mol. The molecule has 144 valence electrons. The molecular formula is C21H39N3O. The highest BCUT2D eigenvalue weighted by atomic mass is 16.2. The second kappa shape index (κ2) is 13.2. The number of allylic oxidation sites excluding steroid dienone is 2. The van der Waals surface area contributed by atoms with Crippen LogP contribution < -0.4 is 5.32 Å². The van der Waals surface area contributed by atoms with Crippen molar-refractivity contribution >= 4 is 0 Å². The average Bonchev–Trinajstić information content (AvgIpc) is 2.67. The minimum atomic E-state index is 0.359. The molecule has 0 radical (unpaired) electrons. The quantitative estimate of drug-likeness (QED) is 0.499. The third-order valence-electron chi connectivity index (χ3n) is 5.31. The molecule has 2 rings (SSSR count). The highest BCUT2D eigenvalue weighted by Gasteiger charge is 2.18. The maximum absolute atomic E-state index is 8.76. The van der Waals surface area contributed by atoms with E-state index in [2.05, 4.69) is 33.3 Å². The second-order valence-corrected chi connectivity index (χ2v) is 7.40. The summed E-state index contributed by atoms with van der Waals surface area (Å²) < 4.78 is 0. The summed E-state index contributed by atoms with van der Waals surface area (Å²) >= 11 is 0. The lowest BCUT2D eigenvalue weighted by molar-refractivity contribution is 0.198. The zero-order chi connectivity index (χ0) is 17.6. The van der Waals surface area contributed by atoms with Crippen molar-refractivity contribution in [3.63, 3.8) is 0 Å². The monoisotopic (exact) mass is 349 g/mol. The lowest BCUT2D eigenvalue weighted by atomic mass is 10.1. The lowest BCUT2D eigenvalue weighted by Gasteiger charge is -2.39. The first-order valence-electron chi connectivity index (χ1n) is 10.6. The smallest absolute Gasteiger partial charge is 0.104 e. The van der Waals surface area contributed by atoms with Gasteiger partial charge < -0.3 is 20.2 Å². The van der Waals surface area contributed by atoms with Crippen molar-refractivity contribution in [1.82, 2.24) is 15.1 Å². The molecule has 0 aromatic carbocycles. The summed E-state index contributed by atoms with van der Waals surface area (Å²) in [6.45, 7) is 7.11. The van der Waals surface area contributed by atoms with E-state index in [1.165, 1.54) is 70.2 Å². The number of nitrogens with one attached hydrogen (secondary N) is 1. The van der Waals surface area contributed by atoms with Crippen LogP contribution >= 0.6 is 0 Å². The van der Waals surface area contributed by atoms with Crippen molar-refractivity contribution in [3.05, 3.63) is 24.0 Å². The molecule has 1 saturated heterocycles. The summed E-state index contributed by atoms with van der Waals surface area (Å²) in [5, 5.41) is 12.2. The predicted octanol–water partition coefficient (Wildman–Crippen LogP) is 3.50. The number of rotatable bonds is 13. The Morgan fingerprint density at radius 2 is 1.44 bits per heavy atom. The number of nitrogens with zero attached hydrogens (tertiary/aromatic N) is 2. The number of hydrogen-bond acceptors (Lipinski definition) is 4. The van der Waals surface area contributed by atoms with E-state index >= 15 is 0 Å². The summed E-state index contributed by atoms with van der Waals surface area (Å²) in [4.78, 5) is 5.10. The number of piperazine rings is 1.